The van der Waals surface area contributed by atoms with E-state index < -0.39 is 5.91 Å². The molecular weight excluding hydrogens is 286 g/mol. The number of ether oxygens (including phenoxy) is 2. The molecule has 0 saturated carbocycles. The Balaban J connectivity index is 1.98. The smallest absolute Gasteiger partial charge is 0.255 e. The van der Waals surface area contributed by atoms with Crippen LogP contribution in [-0.4, -0.2) is 38.1 Å². The molecular formula is C15H21N3O4. The van der Waals surface area contributed by atoms with E-state index in [2.05, 4.69) is 10.6 Å². The Kier molecular flexibility index (Phi) is 5.60. The molecule has 1 heterocycles. The van der Waals surface area contributed by atoms with Crippen LogP contribution in [0.15, 0.2) is 18.2 Å². The molecule has 4 N–H and O–H groups in total. The van der Waals surface area contributed by atoms with Gasteiger partial charge in [0.05, 0.1) is 7.11 Å². The summed E-state index contributed by atoms with van der Waals surface area (Å²) in [6.45, 7) is 0.714. The van der Waals surface area contributed by atoms with Gasteiger partial charge in [0.15, 0.2) is 18.1 Å². The Hall–Kier alpha value is -2.28. The van der Waals surface area contributed by atoms with Gasteiger partial charge in [0, 0.05) is 24.2 Å². The summed E-state index contributed by atoms with van der Waals surface area (Å²) >= 11 is 0. The average Bonchev–Trinajstić information content (AvgIpc) is 2.98. The van der Waals surface area contributed by atoms with Crippen molar-refractivity contribution in [1.29, 1.82) is 0 Å². The van der Waals surface area contributed by atoms with Crippen molar-refractivity contribution in [3.63, 3.8) is 0 Å². The molecule has 0 bridgehead atoms. The summed E-state index contributed by atoms with van der Waals surface area (Å²) in [5, 5.41) is 6.10. The van der Waals surface area contributed by atoms with Crippen molar-refractivity contribution in [3.05, 3.63) is 18.2 Å². The number of carbonyl (C=O) groups excluding carboxylic acids is 2. The fourth-order valence-electron chi connectivity index (χ4n) is 2.38. The lowest BCUT2D eigenvalue weighted by atomic mass is 10.1. The molecule has 1 aliphatic heterocycles. The van der Waals surface area contributed by atoms with E-state index >= 15 is 0 Å². The van der Waals surface area contributed by atoms with E-state index in [1.54, 1.807) is 18.2 Å². The molecule has 0 spiro atoms. The highest BCUT2D eigenvalue weighted by atomic mass is 16.5. The monoisotopic (exact) mass is 307 g/mol. The summed E-state index contributed by atoms with van der Waals surface area (Å²) < 4.78 is 10.4. The maximum atomic E-state index is 12.0. The Morgan fingerprint density at radius 3 is 2.86 bits per heavy atom. The number of nitrogens with two attached hydrogens (primary N) is 1. The molecule has 1 saturated heterocycles. The van der Waals surface area contributed by atoms with E-state index in [9.17, 15) is 9.59 Å². The van der Waals surface area contributed by atoms with Crippen molar-refractivity contribution in [2.45, 2.75) is 25.3 Å². The number of hydrogen-bond acceptors (Lipinski definition) is 5. The first-order valence-electron chi connectivity index (χ1n) is 7.21. The molecule has 7 heteroatoms. The van der Waals surface area contributed by atoms with Gasteiger partial charge < -0.3 is 25.8 Å². The van der Waals surface area contributed by atoms with E-state index in [1.807, 2.05) is 0 Å². The van der Waals surface area contributed by atoms with Gasteiger partial charge in [-0.25, -0.2) is 0 Å². The van der Waals surface area contributed by atoms with Crippen LogP contribution in [0.5, 0.6) is 11.5 Å². The summed E-state index contributed by atoms with van der Waals surface area (Å²) in [7, 11) is 1.50. The molecule has 0 aliphatic carbocycles. The second-order valence-corrected chi connectivity index (χ2v) is 5.17. The molecule has 1 atom stereocenters. The van der Waals surface area contributed by atoms with E-state index in [1.165, 1.54) is 7.11 Å². The number of anilines is 1. The number of rotatable bonds is 7. The highest BCUT2D eigenvalue weighted by molar-refractivity contribution is 5.91. The van der Waals surface area contributed by atoms with Crippen LogP contribution in [0.1, 0.15) is 19.3 Å². The molecule has 120 valence electrons. The molecule has 1 unspecified atom stereocenters. The number of amides is 2. The number of methoxy groups -OCH3 is 1. The molecule has 2 rings (SSSR count). The van der Waals surface area contributed by atoms with Crippen molar-refractivity contribution in [1.82, 2.24) is 5.32 Å². The summed E-state index contributed by atoms with van der Waals surface area (Å²) in [5.74, 6) is 0.184. The predicted molar refractivity (Wildman–Crippen MR) is 82.0 cm³/mol. The van der Waals surface area contributed by atoms with Crippen LogP contribution in [0.3, 0.4) is 0 Å². The summed E-state index contributed by atoms with van der Waals surface area (Å²) in [6.07, 6.45) is 2.55. The van der Waals surface area contributed by atoms with Gasteiger partial charge in [-0.3, -0.25) is 9.59 Å². The molecule has 0 aromatic heterocycles. The molecule has 22 heavy (non-hydrogen) atoms. The fraction of sp³-hybridized carbons (Fsp3) is 0.467. The lowest BCUT2D eigenvalue weighted by Crippen LogP contribution is -2.27. The second-order valence-electron chi connectivity index (χ2n) is 5.17. The van der Waals surface area contributed by atoms with Crippen LogP contribution in [0, 0.1) is 0 Å². The predicted octanol–water partition coefficient (Wildman–Crippen LogP) is 0.640. The topological polar surface area (TPSA) is 103 Å². The van der Waals surface area contributed by atoms with Crippen molar-refractivity contribution < 1.29 is 19.1 Å². The lowest BCUT2D eigenvalue weighted by Gasteiger charge is -2.13. The Morgan fingerprint density at radius 2 is 2.23 bits per heavy atom. The van der Waals surface area contributed by atoms with Gasteiger partial charge in [-0.2, -0.15) is 0 Å². The minimum Gasteiger partial charge on any atom is -0.493 e. The first kappa shape index (κ1) is 16.1. The van der Waals surface area contributed by atoms with Gasteiger partial charge in [-0.05, 0) is 31.5 Å². The molecule has 2 amide bonds. The maximum absolute atomic E-state index is 12.0. The Morgan fingerprint density at radius 1 is 1.41 bits per heavy atom. The third kappa shape index (κ3) is 4.63. The summed E-state index contributed by atoms with van der Waals surface area (Å²) in [6, 6.07) is 5.24. The van der Waals surface area contributed by atoms with Crippen molar-refractivity contribution in [3.8, 4) is 11.5 Å². The van der Waals surface area contributed by atoms with E-state index in [0.717, 1.165) is 19.4 Å². The summed E-state index contributed by atoms with van der Waals surface area (Å²) in [4.78, 5) is 22.8. The molecule has 1 aliphatic rings. The molecule has 1 aromatic carbocycles. The minimum atomic E-state index is -0.580. The van der Waals surface area contributed by atoms with Gasteiger partial charge >= 0.3 is 0 Å². The molecule has 0 radical (unpaired) electrons. The van der Waals surface area contributed by atoms with Crippen molar-refractivity contribution in [2.24, 2.45) is 5.73 Å². The van der Waals surface area contributed by atoms with Gasteiger partial charge in [-0.1, -0.05) is 0 Å². The standard InChI is InChI=1S/C15H21N3O4/c1-21-12-5-4-11(7-13(12)22-9-14(16)19)18-15(20)8-10-3-2-6-17-10/h4-5,7,10,17H,2-3,6,8-9H2,1H3,(H2,16,19)(H,18,20). The highest BCUT2D eigenvalue weighted by Crippen LogP contribution is 2.30. The number of hydrogen-bond donors (Lipinski definition) is 3. The zero-order chi connectivity index (χ0) is 15.9. The zero-order valence-corrected chi connectivity index (χ0v) is 12.6. The van der Waals surface area contributed by atoms with Crippen LogP contribution >= 0.6 is 0 Å². The van der Waals surface area contributed by atoms with Gasteiger partial charge in [-0.15, -0.1) is 0 Å². The third-order valence-corrected chi connectivity index (χ3v) is 3.41. The largest absolute Gasteiger partial charge is 0.493 e. The fourth-order valence-corrected chi connectivity index (χ4v) is 2.38. The van der Waals surface area contributed by atoms with Crippen LogP contribution in [0.4, 0.5) is 5.69 Å². The highest BCUT2D eigenvalue weighted by Gasteiger charge is 2.18. The van der Waals surface area contributed by atoms with Gasteiger partial charge in [0.2, 0.25) is 5.91 Å². The zero-order valence-electron chi connectivity index (χ0n) is 12.6. The van der Waals surface area contributed by atoms with Crippen molar-refractivity contribution >= 4 is 17.5 Å². The number of carbonyl (C=O) groups is 2. The van der Waals surface area contributed by atoms with Crippen LogP contribution in [0.25, 0.3) is 0 Å². The van der Waals surface area contributed by atoms with Crippen LogP contribution in [-0.2, 0) is 9.59 Å². The Bertz CT molecular complexity index is 542. The number of benzene rings is 1. The molecule has 7 nitrogen and oxygen atoms in total. The minimum absolute atomic E-state index is 0.0644. The van der Waals surface area contributed by atoms with Crippen molar-refractivity contribution in [2.75, 3.05) is 25.6 Å². The van der Waals surface area contributed by atoms with Gasteiger partial charge in [0.1, 0.15) is 0 Å². The van der Waals surface area contributed by atoms with Crippen LogP contribution in [0.2, 0.25) is 0 Å². The second kappa shape index (κ2) is 7.65. The van der Waals surface area contributed by atoms with E-state index in [-0.39, 0.29) is 18.6 Å². The molecule has 1 fully saturated rings. The van der Waals surface area contributed by atoms with E-state index in [0.29, 0.717) is 23.6 Å². The average molecular weight is 307 g/mol. The van der Waals surface area contributed by atoms with E-state index in [4.69, 9.17) is 15.2 Å². The van der Waals surface area contributed by atoms with Crippen LogP contribution < -0.4 is 25.8 Å². The number of primary amides is 1. The SMILES string of the molecule is COc1ccc(NC(=O)CC2CCCN2)cc1OCC(N)=O. The molecule has 1 aromatic rings. The maximum Gasteiger partial charge on any atom is 0.255 e. The normalized spacial score (nSPS) is 17.0. The first-order chi connectivity index (χ1) is 10.6. The Labute approximate surface area is 129 Å². The first-order valence-corrected chi connectivity index (χ1v) is 7.21. The third-order valence-electron chi connectivity index (χ3n) is 3.41. The summed E-state index contributed by atoms with van der Waals surface area (Å²) in [5.41, 5.74) is 5.65. The lowest BCUT2D eigenvalue weighted by molar-refractivity contribution is -0.120. The quantitative estimate of drug-likeness (QED) is 0.686. The number of nitrogens with one attached hydrogen (secondary N) is 2. The van der Waals surface area contributed by atoms with Gasteiger partial charge in [0.25, 0.3) is 5.91 Å².